The Hall–Kier alpha value is -1.32. The molecule has 1 rings (SSSR count). The van der Waals surface area contributed by atoms with E-state index < -0.39 is 0 Å². The molecular weight excluding hydrogens is 184 g/mol. The number of thiol groups is 1. The number of nitrogens with two attached hydrogens (primary N) is 1. The lowest BCUT2D eigenvalue weighted by Gasteiger charge is -2.03. The highest BCUT2D eigenvalue weighted by Gasteiger charge is 1.97. The zero-order valence-electron chi connectivity index (χ0n) is 7.01. The van der Waals surface area contributed by atoms with E-state index in [1.807, 2.05) is 12.1 Å². The Bertz CT molecular complexity index is 344. The summed E-state index contributed by atoms with van der Waals surface area (Å²) in [6.07, 6.45) is 0. The summed E-state index contributed by atoms with van der Waals surface area (Å²) in [4.78, 5) is 2.67. The molecule has 68 valence electrons. The second kappa shape index (κ2) is 4.64. The molecule has 1 aromatic carbocycles. The number of nitrogens with zero attached hydrogens (tertiary/aromatic N) is 3. The Labute approximate surface area is 81.8 Å². The van der Waals surface area contributed by atoms with Gasteiger partial charge in [-0.15, -0.1) is 0 Å². The zero-order chi connectivity index (χ0) is 9.68. The van der Waals surface area contributed by atoms with E-state index in [4.69, 9.17) is 11.3 Å². The minimum atomic E-state index is 0.341. The third-order valence-electron chi connectivity index (χ3n) is 1.70. The first-order valence-corrected chi connectivity index (χ1v) is 4.40. The van der Waals surface area contributed by atoms with Crippen LogP contribution in [-0.2, 0) is 12.3 Å². The Morgan fingerprint density at radius 1 is 1.54 bits per heavy atom. The fourth-order valence-electron chi connectivity index (χ4n) is 1.00. The third kappa shape index (κ3) is 2.57. The fourth-order valence-corrected chi connectivity index (χ4v) is 1.29. The summed E-state index contributed by atoms with van der Waals surface area (Å²) < 4.78 is 0. The van der Waals surface area contributed by atoms with Gasteiger partial charge in [0.05, 0.1) is 6.54 Å². The summed E-state index contributed by atoms with van der Waals surface area (Å²) in [5, 5.41) is 3.44. The summed E-state index contributed by atoms with van der Waals surface area (Å²) in [5.41, 5.74) is 16.4. The molecule has 0 bridgehead atoms. The number of hydrogen-bond donors (Lipinski definition) is 2. The van der Waals surface area contributed by atoms with Crippen molar-refractivity contribution < 1.29 is 0 Å². The van der Waals surface area contributed by atoms with Gasteiger partial charge in [0.2, 0.25) is 0 Å². The first-order valence-electron chi connectivity index (χ1n) is 3.77. The molecule has 0 aliphatic carbocycles. The monoisotopic (exact) mass is 194 g/mol. The fraction of sp³-hybridized carbons (Fsp3) is 0.250. The lowest BCUT2D eigenvalue weighted by Crippen LogP contribution is -1.93. The summed E-state index contributed by atoms with van der Waals surface area (Å²) in [7, 11) is 0. The molecule has 0 fully saturated rings. The van der Waals surface area contributed by atoms with Crippen LogP contribution in [0.5, 0.6) is 0 Å². The molecule has 0 radical (unpaired) electrons. The van der Waals surface area contributed by atoms with Crippen molar-refractivity contribution >= 4 is 18.3 Å². The van der Waals surface area contributed by atoms with Crippen molar-refractivity contribution in [3.8, 4) is 0 Å². The number of rotatable bonds is 3. The normalized spacial score (nSPS) is 9.31. The van der Waals surface area contributed by atoms with Crippen LogP contribution in [0.1, 0.15) is 11.1 Å². The van der Waals surface area contributed by atoms with Crippen LogP contribution in [0, 0.1) is 0 Å². The van der Waals surface area contributed by atoms with Crippen LogP contribution < -0.4 is 5.73 Å². The maximum absolute atomic E-state index is 8.11. The number of nitrogen functional groups attached to an aromatic ring is 1. The molecule has 2 N–H and O–H groups in total. The van der Waals surface area contributed by atoms with Gasteiger partial charge in [0.15, 0.2) is 0 Å². The molecule has 0 aromatic heterocycles. The maximum atomic E-state index is 8.11. The summed E-state index contributed by atoms with van der Waals surface area (Å²) in [6.45, 7) is 0.341. The van der Waals surface area contributed by atoms with Crippen LogP contribution in [-0.4, -0.2) is 0 Å². The van der Waals surface area contributed by atoms with Gasteiger partial charge in [-0.05, 0) is 22.7 Å². The van der Waals surface area contributed by atoms with Gasteiger partial charge in [-0.2, -0.15) is 12.6 Å². The van der Waals surface area contributed by atoms with E-state index in [-0.39, 0.29) is 0 Å². The van der Waals surface area contributed by atoms with Crippen molar-refractivity contribution in [1.29, 1.82) is 0 Å². The SMILES string of the molecule is [N-]=[N+]=NCc1ccc(CS)c(N)c1. The molecule has 0 spiro atoms. The highest BCUT2D eigenvalue weighted by molar-refractivity contribution is 7.79. The van der Waals surface area contributed by atoms with Crippen LogP contribution >= 0.6 is 12.6 Å². The summed E-state index contributed by atoms with van der Waals surface area (Å²) in [5.74, 6) is 0.619. The van der Waals surface area contributed by atoms with Crippen molar-refractivity contribution in [2.24, 2.45) is 5.11 Å². The summed E-state index contributed by atoms with van der Waals surface area (Å²) in [6, 6.07) is 5.58. The number of hydrogen-bond acceptors (Lipinski definition) is 3. The molecule has 0 aliphatic heterocycles. The van der Waals surface area contributed by atoms with Gasteiger partial charge in [0.25, 0.3) is 0 Å². The van der Waals surface area contributed by atoms with Crippen LogP contribution in [0.25, 0.3) is 10.4 Å². The highest BCUT2D eigenvalue weighted by Crippen LogP contribution is 2.16. The molecule has 0 saturated carbocycles. The van der Waals surface area contributed by atoms with E-state index in [9.17, 15) is 0 Å². The molecule has 0 atom stereocenters. The van der Waals surface area contributed by atoms with Crippen LogP contribution in [0.2, 0.25) is 0 Å². The van der Waals surface area contributed by atoms with Gasteiger partial charge < -0.3 is 5.73 Å². The second-order valence-electron chi connectivity index (χ2n) is 2.58. The van der Waals surface area contributed by atoms with E-state index >= 15 is 0 Å². The molecule has 5 heteroatoms. The summed E-state index contributed by atoms with van der Waals surface area (Å²) >= 11 is 4.12. The van der Waals surface area contributed by atoms with Crippen molar-refractivity contribution in [2.45, 2.75) is 12.3 Å². The van der Waals surface area contributed by atoms with Crippen LogP contribution in [0.15, 0.2) is 23.3 Å². The Kier molecular flexibility index (Phi) is 3.49. The van der Waals surface area contributed by atoms with E-state index in [0.29, 0.717) is 18.0 Å². The van der Waals surface area contributed by atoms with Gasteiger partial charge in [0.1, 0.15) is 0 Å². The highest BCUT2D eigenvalue weighted by atomic mass is 32.1. The first-order chi connectivity index (χ1) is 6.27. The van der Waals surface area contributed by atoms with Gasteiger partial charge in [0, 0.05) is 16.4 Å². The maximum Gasteiger partial charge on any atom is 0.0511 e. The smallest absolute Gasteiger partial charge is 0.0511 e. The predicted molar refractivity (Wildman–Crippen MR) is 56.4 cm³/mol. The van der Waals surface area contributed by atoms with Crippen molar-refractivity contribution in [3.05, 3.63) is 39.8 Å². The lowest BCUT2D eigenvalue weighted by molar-refractivity contribution is 1.05. The first kappa shape index (κ1) is 9.77. The predicted octanol–water partition coefficient (Wildman–Crippen LogP) is 2.51. The quantitative estimate of drug-likeness (QED) is 0.250. The zero-order valence-corrected chi connectivity index (χ0v) is 7.91. The molecule has 0 aliphatic rings. The van der Waals surface area contributed by atoms with Crippen molar-refractivity contribution in [3.63, 3.8) is 0 Å². The van der Waals surface area contributed by atoms with Gasteiger partial charge in [-0.25, -0.2) is 0 Å². The van der Waals surface area contributed by atoms with Crippen LogP contribution in [0.3, 0.4) is 0 Å². The molecule has 13 heavy (non-hydrogen) atoms. The molecule has 0 saturated heterocycles. The Balaban J connectivity index is 2.88. The minimum Gasteiger partial charge on any atom is -0.398 e. The topological polar surface area (TPSA) is 74.8 Å². The number of anilines is 1. The van der Waals surface area contributed by atoms with Crippen LogP contribution in [0.4, 0.5) is 5.69 Å². The van der Waals surface area contributed by atoms with Gasteiger partial charge in [-0.1, -0.05) is 17.2 Å². The molecule has 1 aromatic rings. The standard InChI is InChI=1S/C8H10N4S/c9-8-3-6(4-11-12-10)1-2-7(8)5-13/h1-3,13H,4-5,9H2. The van der Waals surface area contributed by atoms with Crippen molar-refractivity contribution in [1.82, 2.24) is 0 Å². The average Bonchev–Trinajstić information content (AvgIpc) is 2.15. The van der Waals surface area contributed by atoms with Gasteiger partial charge in [-0.3, -0.25) is 0 Å². The van der Waals surface area contributed by atoms with Crippen molar-refractivity contribution in [2.75, 3.05) is 5.73 Å². The Morgan fingerprint density at radius 3 is 2.85 bits per heavy atom. The number of benzene rings is 1. The lowest BCUT2D eigenvalue weighted by atomic mass is 10.1. The molecule has 4 nitrogen and oxygen atoms in total. The largest absolute Gasteiger partial charge is 0.398 e. The molecule has 0 heterocycles. The second-order valence-corrected chi connectivity index (χ2v) is 2.90. The Morgan fingerprint density at radius 2 is 2.31 bits per heavy atom. The van der Waals surface area contributed by atoms with E-state index in [2.05, 4.69) is 22.7 Å². The average molecular weight is 194 g/mol. The minimum absolute atomic E-state index is 0.341. The molecule has 0 unspecified atom stereocenters. The molecule has 0 amide bonds. The van der Waals surface area contributed by atoms with Gasteiger partial charge >= 0.3 is 0 Å². The number of azide groups is 1. The van der Waals surface area contributed by atoms with E-state index in [1.165, 1.54) is 0 Å². The molecular formula is C8H10N4S. The third-order valence-corrected chi connectivity index (χ3v) is 2.04. The van der Waals surface area contributed by atoms with E-state index in [0.717, 1.165) is 11.1 Å². The van der Waals surface area contributed by atoms with E-state index in [1.54, 1.807) is 6.07 Å².